The quantitative estimate of drug-likeness (QED) is 0.124. The molecule has 0 spiro atoms. The summed E-state index contributed by atoms with van der Waals surface area (Å²) in [5, 5.41) is 14.7. The van der Waals surface area contributed by atoms with Gasteiger partial charge in [-0.1, -0.05) is 31.5 Å². The number of hydrogen-bond acceptors (Lipinski definition) is 10. The number of hydrazone groups is 1. The van der Waals surface area contributed by atoms with Crippen molar-refractivity contribution in [3.05, 3.63) is 86.4 Å². The Morgan fingerprint density at radius 1 is 1.02 bits per heavy atom. The number of aryl methyl sites for hydroxylation is 1. The van der Waals surface area contributed by atoms with Crippen molar-refractivity contribution in [3.63, 3.8) is 0 Å². The minimum atomic E-state index is -4.39. The van der Waals surface area contributed by atoms with Gasteiger partial charge in [0.15, 0.2) is 11.5 Å². The number of nitrogens with one attached hydrogen (secondary N) is 2. The van der Waals surface area contributed by atoms with Crippen molar-refractivity contribution in [3.8, 4) is 11.5 Å². The minimum absolute atomic E-state index is 0.00597. The van der Waals surface area contributed by atoms with Crippen LogP contribution in [-0.4, -0.2) is 47.0 Å². The Balaban J connectivity index is 1.76. The van der Waals surface area contributed by atoms with Crippen molar-refractivity contribution in [2.75, 3.05) is 7.11 Å². The fourth-order valence-electron chi connectivity index (χ4n) is 3.47. The number of nitrogens with zero attached hydrogens (tertiary/aromatic N) is 2. The van der Waals surface area contributed by atoms with Gasteiger partial charge in [-0.3, -0.25) is 14.9 Å². The zero-order valence-corrected chi connectivity index (χ0v) is 26.0. The van der Waals surface area contributed by atoms with Gasteiger partial charge in [0.05, 0.1) is 27.6 Å². The van der Waals surface area contributed by atoms with Gasteiger partial charge in [0.1, 0.15) is 10.9 Å². The lowest BCUT2D eigenvalue weighted by Gasteiger charge is -2.20. The first-order valence-corrected chi connectivity index (χ1v) is 15.8. The zero-order chi connectivity index (χ0) is 31.2. The molecule has 16 heteroatoms. The molecular weight excluding hydrogens is 656 g/mol. The Hall–Kier alpha value is -3.86. The van der Waals surface area contributed by atoms with E-state index in [9.17, 15) is 31.7 Å². The third-order valence-corrected chi connectivity index (χ3v) is 9.01. The summed E-state index contributed by atoms with van der Waals surface area (Å²) in [7, 11) is -7.09. The molecule has 1 atom stereocenters. The number of nitro groups is 1. The molecule has 13 nitrogen and oxygen atoms in total. The lowest BCUT2D eigenvalue weighted by molar-refractivity contribution is -0.384. The number of non-ortho nitro benzene ring substituents is 1. The highest BCUT2D eigenvalue weighted by Crippen LogP contribution is 2.38. The molecule has 224 valence electrons. The maximum absolute atomic E-state index is 12.8. The summed E-state index contributed by atoms with van der Waals surface area (Å²) >= 11 is 3.23. The second-order valence-electron chi connectivity index (χ2n) is 9.21. The van der Waals surface area contributed by atoms with Crippen LogP contribution in [0.1, 0.15) is 25.0 Å². The van der Waals surface area contributed by atoms with Crippen molar-refractivity contribution >= 4 is 53.9 Å². The van der Waals surface area contributed by atoms with Gasteiger partial charge in [-0.15, -0.1) is 0 Å². The molecule has 0 aliphatic carbocycles. The highest BCUT2D eigenvalue weighted by molar-refractivity contribution is 9.10. The number of amides is 1. The van der Waals surface area contributed by atoms with Gasteiger partial charge in [0.25, 0.3) is 11.6 Å². The first-order chi connectivity index (χ1) is 19.6. The van der Waals surface area contributed by atoms with Crippen LogP contribution in [0.15, 0.2) is 80.0 Å². The molecule has 42 heavy (non-hydrogen) atoms. The van der Waals surface area contributed by atoms with Gasteiger partial charge in [0.2, 0.25) is 10.0 Å². The zero-order valence-electron chi connectivity index (χ0n) is 22.8. The Kier molecular flexibility index (Phi) is 10.4. The lowest BCUT2D eigenvalue weighted by Crippen LogP contribution is -2.48. The van der Waals surface area contributed by atoms with E-state index in [1.54, 1.807) is 26.0 Å². The molecule has 0 aliphatic heterocycles. The van der Waals surface area contributed by atoms with Gasteiger partial charge < -0.3 is 8.92 Å². The van der Waals surface area contributed by atoms with E-state index in [1.807, 2.05) is 6.92 Å². The van der Waals surface area contributed by atoms with E-state index in [2.05, 4.69) is 31.2 Å². The Morgan fingerprint density at radius 2 is 1.62 bits per heavy atom. The van der Waals surface area contributed by atoms with Gasteiger partial charge in [-0.05, 0) is 70.7 Å². The second kappa shape index (κ2) is 13.4. The molecule has 1 amide bonds. The molecule has 0 saturated heterocycles. The molecule has 2 N–H and O–H groups in total. The average Bonchev–Trinajstić information content (AvgIpc) is 2.93. The van der Waals surface area contributed by atoms with Crippen LogP contribution in [0.25, 0.3) is 0 Å². The number of ether oxygens (including phenoxy) is 1. The smallest absolute Gasteiger partial charge is 0.339 e. The second-order valence-corrected chi connectivity index (χ2v) is 13.3. The third-order valence-electron chi connectivity index (χ3n) is 5.73. The molecule has 3 aromatic carbocycles. The average molecular weight is 684 g/mol. The van der Waals surface area contributed by atoms with E-state index >= 15 is 0 Å². The van der Waals surface area contributed by atoms with E-state index in [-0.39, 0.29) is 31.5 Å². The van der Waals surface area contributed by atoms with Crippen LogP contribution in [0.3, 0.4) is 0 Å². The number of benzene rings is 3. The van der Waals surface area contributed by atoms with E-state index < -0.39 is 42.9 Å². The highest BCUT2D eigenvalue weighted by Gasteiger charge is 2.28. The van der Waals surface area contributed by atoms with Crippen molar-refractivity contribution in [1.29, 1.82) is 0 Å². The first-order valence-electron chi connectivity index (χ1n) is 12.1. The van der Waals surface area contributed by atoms with Crippen LogP contribution in [-0.2, 0) is 24.9 Å². The molecule has 0 unspecified atom stereocenters. The number of carbonyl (C=O) groups excluding carboxylic acids is 1. The number of sulfonamides is 1. The molecule has 0 heterocycles. The first kappa shape index (κ1) is 32.7. The SMILES string of the molecule is COc1cc(/C=N\NC(=O)[C@H](NS(=O)(=O)c2ccc(C)cc2)C(C)C)cc(Br)c1OS(=O)(=O)c1ccc([N+](=O)[O-])cc1. The molecule has 0 aliphatic rings. The van der Waals surface area contributed by atoms with Crippen LogP contribution >= 0.6 is 15.9 Å². The summed E-state index contributed by atoms with van der Waals surface area (Å²) in [5.41, 5.74) is 3.27. The summed E-state index contributed by atoms with van der Waals surface area (Å²) in [6, 6.07) is 12.1. The number of carbonyl (C=O) groups is 1. The minimum Gasteiger partial charge on any atom is -0.493 e. The Bertz CT molecular complexity index is 1710. The van der Waals surface area contributed by atoms with Gasteiger partial charge in [-0.25, -0.2) is 13.8 Å². The summed E-state index contributed by atoms with van der Waals surface area (Å²) in [6.07, 6.45) is 1.24. The summed E-state index contributed by atoms with van der Waals surface area (Å²) < 4.78 is 64.2. The summed E-state index contributed by atoms with van der Waals surface area (Å²) in [6.45, 7) is 5.18. The van der Waals surface area contributed by atoms with Crippen molar-refractivity contribution < 1.29 is 35.5 Å². The monoisotopic (exact) mass is 682 g/mol. The molecule has 0 radical (unpaired) electrons. The number of halogens is 1. The van der Waals surface area contributed by atoms with Crippen molar-refractivity contribution in [2.45, 2.75) is 36.6 Å². The lowest BCUT2D eigenvalue weighted by atomic mass is 10.1. The fourth-order valence-corrected chi connectivity index (χ4v) is 6.42. The predicted molar refractivity (Wildman–Crippen MR) is 157 cm³/mol. The van der Waals surface area contributed by atoms with E-state index in [4.69, 9.17) is 8.92 Å². The fraction of sp³-hybridized carbons (Fsp3) is 0.231. The molecule has 0 bridgehead atoms. The number of rotatable bonds is 12. The maximum atomic E-state index is 12.8. The van der Waals surface area contributed by atoms with E-state index in [0.29, 0.717) is 5.56 Å². The van der Waals surface area contributed by atoms with Gasteiger partial charge in [-0.2, -0.15) is 18.2 Å². The highest BCUT2D eigenvalue weighted by atomic mass is 79.9. The van der Waals surface area contributed by atoms with E-state index in [1.165, 1.54) is 37.6 Å². The molecule has 0 aromatic heterocycles. The van der Waals surface area contributed by atoms with Crippen LogP contribution < -0.4 is 19.1 Å². The van der Waals surface area contributed by atoms with Crippen LogP contribution in [0.2, 0.25) is 0 Å². The predicted octanol–water partition coefficient (Wildman–Crippen LogP) is 3.90. The number of nitro benzene ring substituents is 1. The summed E-state index contributed by atoms with van der Waals surface area (Å²) in [5.74, 6) is -1.31. The molecule has 3 rings (SSSR count). The van der Waals surface area contributed by atoms with Crippen LogP contribution in [0.4, 0.5) is 5.69 Å². The van der Waals surface area contributed by atoms with E-state index in [0.717, 1.165) is 29.8 Å². The van der Waals surface area contributed by atoms with Crippen LogP contribution in [0.5, 0.6) is 11.5 Å². The largest absolute Gasteiger partial charge is 0.493 e. The molecule has 0 saturated carbocycles. The number of hydrogen-bond donors (Lipinski definition) is 2. The van der Waals surface area contributed by atoms with Crippen molar-refractivity contribution in [2.24, 2.45) is 11.0 Å². The topological polar surface area (TPSA) is 183 Å². The molecule has 3 aromatic rings. The molecular formula is C26H27BrN4O9S2. The van der Waals surface area contributed by atoms with Gasteiger partial charge in [0, 0.05) is 12.1 Å². The normalized spacial score (nSPS) is 12.7. The standard InChI is InChI=1S/C26H27BrN4O9S2/c1-16(2)24(30-41(35,36)20-9-5-17(3)6-10-20)26(32)29-28-15-18-13-22(27)25(23(14-18)39-4)40-42(37,38)21-11-7-19(8-12-21)31(33)34/h5-16,24,30H,1-4H3,(H,29,32)/b28-15-/t24-/m1/s1. The Labute approximate surface area is 251 Å². The maximum Gasteiger partial charge on any atom is 0.339 e. The van der Waals surface area contributed by atoms with Crippen molar-refractivity contribution in [1.82, 2.24) is 10.1 Å². The van der Waals surface area contributed by atoms with Gasteiger partial charge >= 0.3 is 10.1 Å². The summed E-state index contributed by atoms with van der Waals surface area (Å²) in [4.78, 5) is 22.7. The van der Waals surface area contributed by atoms with Crippen LogP contribution in [0, 0.1) is 23.0 Å². The molecule has 0 fully saturated rings. The number of methoxy groups -OCH3 is 1. The third kappa shape index (κ3) is 8.12. The Morgan fingerprint density at radius 3 is 2.17 bits per heavy atom.